The van der Waals surface area contributed by atoms with Crippen LogP contribution in [0.15, 0.2) is 39.8 Å². The maximum absolute atomic E-state index is 13.1. The van der Waals surface area contributed by atoms with Gasteiger partial charge in [0.25, 0.3) is 0 Å². The molecule has 1 spiro atoms. The molecule has 1 aliphatic heterocycles. The number of hydrogen-bond donors (Lipinski definition) is 0. The molecule has 0 radical (unpaired) electrons. The van der Waals surface area contributed by atoms with Crippen molar-refractivity contribution in [2.75, 3.05) is 6.54 Å². The van der Waals surface area contributed by atoms with Crippen LogP contribution in [0.4, 0.5) is 0 Å². The maximum atomic E-state index is 13.1. The van der Waals surface area contributed by atoms with Crippen molar-refractivity contribution < 1.29 is 12.8 Å². The third kappa shape index (κ3) is 2.02. The first-order chi connectivity index (χ1) is 10.5. The summed E-state index contributed by atoms with van der Waals surface area (Å²) in [6, 6.07) is 7.16. The zero-order valence-corrected chi connectivity index (χ0v) is 13.6. The van der Waals surface area contributed by atoms with E-state index in [4.69, 9.17) is 4.42 Å². The molecule has 2 aliphatic rings. The van der Waals surface area contributed by atoms with Gasteiger partial charge in [-0.05, 0) is 49.3 Å². The summed E-state index contributed by atoms with van der Waals surface area (Å²) in [5, 5.41) is 0.933. The molecule has 22 heavy (non-hydrogen) atoms. The first-order valence-corrected chi connectivity index (χ1v) is 9.47. The Hall–Kier alpha value is -1.33. The molecular formula is C17H21NO3S. The van der Waals surface area contributed by atoms with Gasteiger partial charge in [0, 0.05) is 24.0 Å². The molecule has 4 nitrogen and oxygen atoms in total. The average Bonchev–Trinajstić information content (AvgIpc) is 3.10. The number of furan rings is 1. The summed E-state index contributed by atoms with van der Waals surface area (Å²) in [5.74, 6) is 0. The van der Waals surface area contributed by atoms with Crippen LogP contribution in [-0.4, -0.2) is 25.3 Å². The second kappa shape index (κ2) is 4.83. The van der Waals surface area contributed by atoms with Crippen LogP contribution < -0.4 is 0 Å². The SMILES string of the molecule is CCC1CC2(CCC2)CN1S(=O)(=O)c1ccc2ccoc2c1. The molecule has 2 fully saturated rings. The molecule has 1 saturated heterocycles. The van der Waals surface area contributed by atoms with Crippen LogP contribution in [0, 0.1) is 5.41 Å². The molecule has 0 bridgehead atoms. The Balaban J connectivity index is 1.72. The van der Waals surface area contributed by atoms with Crippen molar-refractivity contribution in [2.45, 2.75) is 50.0 Å². The first-order valence-electron chi connectivity index (χ1n) is 8.03. The summed E-state index contributed by atoms with van der Waals surface area (Å²) in [6.07, 6.45) is 7.08. The predicted molar refractivity (Wildman–Crippen MR) is 85.1 cm³/mol. The standard InChI is InChI=1S/C17H21NO3S/c1-2-14-11-17(7-3-8-17)12-18(14)22(19,20)15-5-4-13-6-9-21-16(13)10-15/h4-6,9-10,14H,2-3,7-8,11-12H2,1H3. The fraction of sp³-hybridized carbons (Fsp3) is 0.529. The van der Waals surface area contributed by atoms with E-state index in [0.29, 0.717) is 17.0 Å². The third-order valence-electron chi connectivity index (χ3n) is 5.49. The maximum Gasteiger partial charge on any atom is 0.243 e. The zero-order valence-electron chi connectivity index (χ0n) is 12.8. The zero-order chi connectivity index (χ0) is 15.4. The summed E-state index contributed by atoms with van der Waals surface area (Å²) >= 11 is 0. The number of fused-ring (bicyclic) bond motifs is 1. The molecule has 2 aromatic rings. The van der Waals surface area contributed by atoms with Crippen molar-refractivity contribution in [1.29, 1.82) is 0 Å². The Morgan fingerprint density at radius 3 is 2.82 bits per heavy atom. The Bertz CT molecular complexity index is 804. The molecule has 0 N–H and O–H groups in total. The molecule has 1 aromatic heterocycles. The lowest BCUT2D eigenvalue weighted by Gasteiger charge is -2.38. The fourth-order valence-electron chi connectivity index (χ4n) is 4.03. The van der Waals surface area contributed by atoms with Crippen LogP contribution in [-0.2, 0) is 10.0 Å². The minimum Gasteiger partial charge on any atom is -0.464 e. The van der Waals surface area contributed by atoms with E-state index in [0.717, 1.165) is 18.2 Å². The van der Waals surface area contributed by atoms with Crippen LogP contribution in [0.2, 0.25) is 0 Å². The Morgan fingerprint density at radius 1 is 1.32 bits per heavy atom. The molecule has 1 atom stereocenters. The highest BCUT2D eigenvalue weighted by Crippen LogP contribution is 2.52. The number of hydrogen-bond acceptors (Lipinski definition) is 3. The van der Waals surface area contributed by atoms with E-state index in [1.165, 1.54) is 19.3 Å². The van der Waals surface area contributed by atoms with Gasteiger partial charge in [0.2, 0.25) is 10.0 Å². The minimum absolute atomic E-state index is 0.137. The van der Waals surface area contributed by atoms with Crippen LogP contribution in [0.25, 0.3) is 11.0 Å². The van der Waals surface area contributed by atoms with E-state index in [9.17, 15) is 8.42 Å². The van der Waals surface area contributed by atoms with E-state index >= 15 is 0 Å². The van der Waals surface area contributed by atoms with Gasteiger partial charge >= 0.3 is 0 Å². The molecule has 2 heterocycles. The lowest BCUT2D eigenvalue weighted by molar-refractivity contribution is 0.152. The highest BCUT2D eigenvalue weighted by atomic mass is 32.2. The van der Waals surface area contributed by atoms with Gasteiger partial charge in [0.15, 0.2) is 0 Å². The Kier molecular flexibility index (Phi) is 3.13. The van der Waals surface area contributed by atoms with E-state index < -0.39 is 10.0 Å². The van der Waals surface area contributed by atoms with Crippen molar-refractivity contribution in [1.82, 2.24) is 4.31 Å². The highest BCUT2D eigenvalue weighted by Gasteiger charge is 2.50. The van der Waals surface area contributed by atoms with Crippen LogP contribution >= 0.6 is 0 Å². The quantitative estimate of drug-likeness (QED) is 0.865. The van der Waals surface area contributed by atoms with Gasteiger partial charge in [-0.1, -0.05) is 13.3 Å². The van der Waals surface area contributed by atoms with Gasteiger partial charge in [-0.15, -0.1) is 0 Å². The van der Waals surface area contributed by atoms with Gasteiger partial charge < -0.3 is 4.42 Å². The van der Waals surface area contributed by atoms with Crippen LogP contribution in [0.5, 0.6) is 0 Å². The lowest BCUT2D eigenvalue weighted by Crippen LogP contribution is -2.37. The molecule has 4 rings (SSSR count). The van der Waals surface area contributed by atoms with Crippen molar-refractivity contribution in [3.05, 3.63) is 30.5 Å². The molecule has 1 aliphatic carbocycles. The highest BCUT2D eigenvalue weighted by molar-refractivity contribution is 7.89. The van der Waals surface area contributed by atoms with Gasteiger partial charge in [0.1, 0.15) is 5.58 Å². The van der Waals surface area contributed by atoms with Crippen LogP contribution in [0.1, 0.15) is 39.0 Å². The van der Waals surface area contributed by atoms with Crippen molar-refractivity contribution in [2.24, 2.45) is 5.41 Å². The van der Waals surface area contributed by atoms with Gasteiger partial charge in [-0.25, -0.2) is 8.42 Å². The number of sulfonamides is 1. The molecule has 5 heteroatoms. The Morgan fingerprint density at radius 2 is 2.14 bits per heavy atom. The van der Waals surface area contributed by atoms with Gasteiger partial charge in [-0.2, -0.15) is 4.31 Å². The second-order valence-electron chi connectivity index (χ2n) is 6.79. The van der Waals surface area contributed by atoms with Crippen molar-refractivity contribution in [3.63, 3.8) is 0 Å². The fourth-order valence-corrected chi connectivity index (χ4v) is 5.85. The molecule has 1 saturated carbocycles. The van der Waals surface area contributed by atoms with Crippen molar-refractivity contribution >= 4 is 21.0 Å². The van der Waals surface area contributed by atoms with E-state index in [-0.39, 0.29) is 11.5 Å². The normalized spacial score (nSPS) is 24.9. The number of rotatable bonds is 3. The molecule has 0 amide bonds. The summed E-state index contributed by atoms with van der Waals surface area (Å²) in [5.41, 5.74) is 0.884. The first kappa shape index (κ1) is 14.3. The summed E-state index contributed by atoms with van der Waals surface area (Å²) in [4.78, 5) is 0.352. The van der Waals surface area contributed by atoms with Crippen molar-refractivity contribution in [3.8, 4) is 0 Å². The smallest absolute Gasteiger partial charge is 0.243 e. The Labute approximate surface area is 131 Å². The average molecular weight is 319 g/mol. The summed E-state index contributed by atoms with van der Waals surface area (Å²) < 4.78 is 33.3. The third-order valence-corrected chi connectivity index (χ3v) is 7.38. The lowest BCUT2D eigenvalue weighted by atomic mass is 9.67. The topological polar surface area (TPSA) is 50.5 Å². The van der Waals surface area contributed by atoms with E-state index in [1.807, 2.05) is 12.1 Å². The predicted octanol–water partition coefficient (Wildman–Crippen LogP) is 3.78. The largest absolute Gasteiger partial charge is 0.464 e. The second-order valence-corrected chi connectivity index (χ2v) is 8.68. The van der Waals surface area contributed by atoms with Gasteiger partial charge in [-0.3, -0.25) is 0 Å². The summed E-state index contributed by atoms with van der Waals surface area (Å²) in [7, 11) is -3.44. The molecule has 1 unspecified atom stereocenters. The van der Waals surface area contributed by atoms with E-state index in [2.05, 4.69) is 6.92 Å². The van der Waals surface area contributed by atoms with E-state index in [1.54, 1.807) is 22.7 Å². The molecule has 118 valence electrons. The monoisotopic (exact) mass is 319 g/mol. The number of benzene rings is 1. The summed E-state index contributed by atoms with van der Waals surface area (Å²) in [6.45, 7) is 2.77. The molecule has 1 aromatic carbocycles. The molecular weight excluding hydrogens is 298 g/mol. The number of nitrogens with zero attached hydrogens (tertiary/aromatic N) is 1. The minimum atomic E-state index is -3.44. The van der Waals surface area contributed by atoms with Crippen LogP contribution in [0.3, 0.4) is 0 Å². The van der Waals surface area contributed by atoms with Gasteiger partial charge in [0.05, 0.1) is 11.2 Å².